The number of carboxylic acids is 1. The average molecular weight is 681 g/mol. The lowest BCUT2D eigenvalue weighted by molar-refractivity contribution is -0.197. The van der Waals surface area contributed by atoms with Gasteiger partial charge < -0.3 is 14.8 Å². The first-order valence-corrected chi connectivity index (χ1v) is 17.7. The van der Waals surface area contributed by atoms with E-state index >= 15 is 0 Å². The first kappa shape index (κ1) is 33.6. The van der Waals surface area contributed by atoms with Crippen LogP contribution in [0, 0.1) is 5.82 Å². The Morgan fingerprint density at radius 3 is 2.42 bits per heavy atom. The SMILES string of the molecule is C[N+]1=c2cc3c(cc2CCC1)=C(c1ccc(F)cc1C(=O)O)c1cc2c(cc1C3(C)C)N(CCCCCC(=O)ON1C(=O)CCC1=O)CCC2. The van der Waals surface area contributed by atoms with Crippen LogP contribution in [0.5, 0.6) is 0 Å². The van der Waals surface area contributed by atoms with Crippen LogP contribution in [0.2, 0.25) is 0 Å². The Morgan fingerprint density at radius 2 is 1.66 bits per heavy atom. The number of halogens is 1. The second-order valence-electron chi connectivity index (χ2n) is 14.5. The van der Waals surface area contributed by atoms with Crippen LogP contribution in [0.15, 0.2) is 42.5 Å². The Kier molecular flexibility index (Phi) is 8.82. The van der Waals surface area contributed by atoms with Crippen molar-refractivity contribution in [3.63, 3.8) is 0 Å². The smallest absolute Gasteiger partial charge is 0.336 e. The topological polar surface area (TPSA) is 107 Å². The van der Waals surface area contributed by atoms with Crippen molar-refractivity contribution >= 4 is 35.0 Å². The zero-order chi connectivity index (χ0) is 35.3. The number of imide groups is 1. The van der Waals surface area contributed by atoms with Gasteiger partial charge in [-0.2, -0.15) is 0 Å². The molecule has 10 heteroatoms. The van der Waals surface area contributed by atoms with Crippen LogP contribution in [-0.4, -0.2) is 60.6 Å². The number of hydroxylamine groups is 2. The number of hydrogen-bond donors (Lipinski definition) is 1. The molecule has 0 unspecified atom stereocenters. The first-order chi connectivity index (χ1) is 23.9. The number of aryl methyl sites for hydroxylation is 2. The van der Waals surface area contributed by atoms with E-state index in [0.29, 0.717) is 17.0 Å². The van der Waals surface area contributed by atoms with Gasteiger partial charge in [0.1, 0.15) is 19.4 Å². The maximum Gasteiger partial charge on any atom is 0.336 e. The number of benzene rings is 3. The van der Waals surface area contributed by atoms with Crippen LogP contribution in [0.1, 0.15) is 109 Å². The minimum Gasteiger partial charge on any atom is -0.478 e. The van der Waals surface area contributed by atoms with Gasteiger partial charge in [0.2, 0.25) is 5.36 Å². The lowest BCUT2D eigenvalue weighted by atomic mass is 9.67. The normalized spacial score (nSPS) is 17.7. The number of hydrogen-bond acceptors (Lipinski definition) is 6. The summed E-state index contributed by atoms with van der Waals surface area (Å²) in [6.45, 7) is 7.15. The fourth-order valence-corrected chi connectivity index (χ4v) is 8.25. The molecule has 1 N–H and O–H groups in total. The second kappa shape index (κ2) is 13.1. The molecular formula is C40H43FN3O6+. The summed E-state index contributed by atoms with van der Waals surface area (Å²) in [6.07, 6.45) is 6.36. The van der Waals surface area contributed by atoms with Crippen molar-refractivity contribution in [2.24, 2.45) is 0 Å². The zero-order valence-corrected chi connectivity index (χ0v) is 28.9. The molecule has 50 heavy (non-hydrogen) atoms. The van der Waals surface area contributed by atoms with Crippen LogP contribution in [0.4, 0.5) is 10.1 Å². The third kappa shape index (κ3) is 5.98. The number of unbranched alkanes of at least 4 members (excludes halogenated alkanes) is 2. The van der Waals surface area contributed by atoms with Gasteiger partial charge in [-0.25, -0.2) is 18.6 Å². The zero-order valence-electron chi connectivity index (χ0n) is 28.9. The van der Waals surface area contributed by atoms with Gasteiger partial charge in [0.15, 0.2) is 0 Å². The first-order valence-electron chi connectivity index (χ1n) is 17.7. The average Bonchev–Trinajstić information content (AvgIpc) is 3.40. The molecule has 260 valence electrons. The lowest BCUT2D eigenvalue weighted by Crippen LogP contribution is -2.42. The van der Waals surface area contributed by atoms with Gasteiger partial charge in [-0.15, -0.1) is 5.06 Å². The van der Waals surface area contributed by atoms with Gasteiger partial charge in [0.25, 0.3) is 11.8 Å². The number of aromatic carboxylic acids is 1. The van der Waals surface area contributed by atoms with Gasteiger partial charge in [0.05, 0.1) is 5.56 Å². The number of anilines is 1. The van der Waals surface area contributed by atoms with E-state index in [1.807, 2.05) is 0 Å². The Labute approximate surface area is 290 Å². The minimum absolute atomic E-state index is 0.0479. The monoisotopic (exact) mass is 680 g/mol. The van der Waals surface area contributed by atoms with Crippen molar-refractivity contribution in [1.82, 2.24) is 9.64 Å². The van der Waals surface area contributed by atoms with E-state index in [0.717, 1.165) is 91.7 Å². The summed E-state index contributed by atoms with van der Waals surface area (Å²) in [7, 11) is 2.12. The molecule has 1 saturated heterocycles. The fourth-order valence-electron chi connectivity index (χ4n) is 8.25. The standard InChI is InChI=1S/C40H42FN3O6/c1-40(2)31-22-33-24(9-7-16-42(33)3)19-29(31)38(27-13-12-26(41)21-28(27)39(48)49)30-20-25-10-8-18-43(34(25)23-32(30)40)17-6-4-5-11-37(47)50-44-35(45)14-15-36(44)46/h12-13,19-23H,4-11,14-18H2,1-3H3/p+1. The number of amides is 2. The molecular weight excluding hydrogens is 637 g/mol. The lowest BCUT2D eigenvalue weighted by Gasteiger charge is -2.39. The van der Waals surface area contributed by atoms with E-state index in [2.05, 4.69) is 54.6 Å². The molecule has 3 aromatic carbocycles. The number of carbonyl (C=O) groups excluding carboxylic acids is 3. The molecule has 0 atom stereocenters. The summed E-state index contributed by atoms with van der Waals surface area (Å²) in [5, 5.41) is 13.1. The van der Waals surface area contributed by atoms with Crippen molar-refractivity contribution in [2.75, 3.05) is 31.6 Å². The number of nitrogens with zero attached hydrogens (tertiary/aromatic N) is 3. The molecule has 0 saturated carbocycles. The van der Waals surface area contributed by atoms with Crippen molar-refractivity contribution < 1.29 is 33.5 Å². The highest BCUT2D eigenvalue weighted by atomic mass is 19.1. The van der Waals surface area contributed by atoms with Crippen LogP contribution in [-0.2, 0) is 37.5 Å². The van der Waals surface area contributed by atoms with Crippen molar-refractivity contribution in [1.29, 1.82) is 0 Å². The largest absolute Gasteiger partial charge is 0.478 e. The Morgan fingerprint density at radius 1 is 0.900 bits per heavy atom. The van der Waals surface area contributed by atoms with Gasteiger partial charge in [-0.3, -0.25) is 9.59 Å². The highest BCUT2D eigenvalue weighted by molar-refractivity contribution is 6.01. The van der Waals surface area contributed by atoms with E-state index in [1.165, 1.54) is 28.2 Å². The van der Waals surface area contributed by atoms with Crippen molar-refractivity contribution in [2.45, 2.75) is 83.5 Å². The summed E-state index contributed by atoms with van der Waals surface area (Å²) < 4.78 is 16.8. The predicted octanol–water partition coefficient (Wildman–Crippen LogP) is 4.40. The van der Waals surface area contributed by atoms with E-state index in [-0.39, 0.29) is 24.8 Å². The maximum absolute atomic E-state index is 14.5. The number of carbonyl (C=O) groups is 4. The van der Waals surface area contributed by atoms with Crippen LogP contribution in [0.25, 0.3) is 5.57 Å². The summed E-state index contributed by atoms with van der Waals surface area (Å²) >= 11 is 0. The van der Waals surface area contributed by atoms with E-state index < -0.39 is 35.0 Å². The van der Waals surface area contributed by atoms with Gasteiger partial charge >= 0.3 is 11.9 Å². The molecule has 1 fully saturated rings. The molecule has 2 amide bonds. The summed E-state index contributed by atoms with van der Waals surface area (Å²) in [5.74, 6) is -3.26. The van der Waals surface area contributed by atoms with Crippen LogP contribution < -0.4 is 20.1 Å². The highest BCUT2D eigenvalue weighted by Crippen LogP contribution is 2.44. The molecule has 0 aromatic heterocycles. The molecule has 1 aliphatic carbocycles. The minimum atomic E-state index is -1.16. The third-order valence-corrected chi connectivity index (χ3v) is 10.9. The van der Waals surface area contributed by atoms with Crippen LogP contribution in [0.3, 0.4) is 0 Å². The van der Waals surface area contributed by atoms with Crippen LogP contribution >= 0.6 is 0 Å². The maximum atomic E-state index is 14.5. The third-order valence-electron chi connectivity index (χ3n) is 10.9. The molecule has 0 spiro atoms. The van der Waals surface area contributed by atoms with Gasteiger partial charge in [-0.1, -0.05) is 26.3 Å². The Hall–Kier alpha value is -4.86. The number of fused-ring (bicyclic) bond motifs is 4. The summed E-state index contributed by atoms with van der Waals surface area (Å²) in [5.41, 5.74) is 7.75. The highest BCUT2D eigenvalue weighted by Gasteiger charge is 2.37. The van der Waals surface area contributed by atoms with E-state index in [4.69, 9.17) is 4.84 Å². The van der Waals surface area contributed by atoms with E-state index in [9.17, 15) is 28.7 Å². The molecule has 3 heterocycles. The van der Waals surface area contributed by atoms with Crippen molar-refractivity contribution in [3.8, 4) is 0 Å². The molecule has 0 bridgehead atoms. The number of carboxylic acid groups (broad SMARTS) is 1. The predicted molar refractivity (Wildman–Crippen MR) is 186 cm³/mol. The molecule has 9 nitrogen and oxygen atoms in total. The van der Waals surface area contributed by atoms with E-state index in [1.54, 1.807) is 6.07 Å². The van der Waals surface area contributed by atoms with Gasteiger partial charge in [0, 0.05) is 61.5 Å². The Bertz CT molecular complexity index is 2070. The Balaban J connectivity index is 1.23. The second-order valence-corrected chi connectivity index (χ2v) is 14.5. The number of rotatable bonds is 9. The summed E-state index contributed by atoms with van der Waals surface area (Å²) in [6, 6.07) is 13.2. The fraction of sp³-hybridized carbons (Fsp3) is 0.425. The molecule has 0 radical (unpaired) electrons. The molecule has 7 rings (SSSR count). The van der Waals surface area contributed by atoms with Crippen molar-refractivity contribution in [3.05, 3.63) is 97.8 Å². The van der Waals surface area contributed by atoms with Gasteiger partial charge in [-0.05, 0) is 101 Å². The molecule has 3 aromatic rings. The molecule has 4 aliphatic rings. The summed E-state index contributed by atoms with van der Waals surface area (Å²) in [4.78, 5) is 55.8. The molecule has 3 aliphatic heterocycles. The quantitative estimate of drug-likeness (QED) is 0.203.